The summed E-state index contributed by atoms with van der Waals surface area (Å²) < 4.78 is 35.9. The molecule has 0 atom stereocenters. The Morgan fingerprint density at radius 2 is 2.03 bits per heavy atom. The van der Waals surface area contributed by atoms with Crippen molar-refractivity contribution in [2.24, 2.45) is 5.92 Å². The molecule has 2 aromatic rings. The van der Waals surface area contributed by atoms with Crippen LogP contribution in [-0.4, -0.2) is 59.4 Å². The molecule has 1 aliphatic carbocycles. The molecule has 166 valence electrons. The van der Waals surface area contributed by atoms with Crippen molar-refractivity contribution in [3.8, 4) is 17.0 Å². The topological polar surface area (TPSA) is 89.6 Å². The van der Waals surface area contributed by atoms with Crippen molar-refractivity contribution in [2.75, 3.05) is 41.8 Å². The Labute approximate surface area is 179 Å². The number of alkyl halides is 2. The maximum atomic E-state index is 12.8. The van der Waals surface area contributed by atoms with Crippen molar-refractivity contribution < 1.29 is 18.3 Å². The molecule has 5 heterocycles. The van der Waals surface area contributed by atoms with E-state index < -0.39 is 6.61 Å². The van der Waals surface area contributed by atoms with Crippen molar-refractivity contribution in [3.05, 3.63) is 18.3 Å². The van der Waals surface area contributed by atoms with Crippen LogP contribution in [0.3, 0.4) is 0 Å². The Hall–Kier alpha value is -2.75. The maximum absolute atomic E-state index is 12.8. The zero-order chi connectivity index (χ0) is 21.8. The first kappa shape index (κ1) is 20.2. The molecule has 3 saturated heterocycles. The Morgan fingerprint density at radius 3 is 2.68 bits per heavy atom. The molecule has 0 amide bonds. The van der Waals surface area contributed by atoms with E-state index in [0.29, 0.717) is 35.8 Å². The van der Waals surface area contributed by atoms with Crippen LogP contribution in [0.5, 0.6) is 5.75 Å². The minimum Gasteiger partial charge on any atom is -0.431 e. The Balaban J connectivity index is 1.50. The summed E-state index contributed by atoms with van der Waals surface area (Å²) >= 11 is 0. The number of nitrogen functional groups attached to an aromatic ring is 1. The molecule has 2 bridgehead atoms. The smallest absolute Gasteiger partial charge is 0.387 e. The van der Waals surface area contributed by atoms with Gasteiger partial charge < -0.3 is 25.0 Å². The zero-order valence-corrected chi connectivity index (χ0v) is 17.6. The average Bonchev–Trinajstić information content (AvgIpc) is 3.28. The van der Waals surface area contributed by atoms with Gasteiger partial charge in [0.1, 0.15) is 11.4 Å². The summed E-state index contributed by atoms with van der Waals surface area (Å²) in [4.78, 5) is 18.0. The van der Waals surface area contributed by atoms with Crippen LogP contribution in [0.15, 0.2) is 18.3 Å². The molecule has 2 aromatic heterocycles. The minimum atomic E-state index is -2.98. The van der Waals surface area contributed by atoms with Gasteiger partial charge in [0.15, 0.2) is 11.6 Å². The lowest BCUT2D eigenvalue weighted by Crippen LogP contribution is -2.62. The van der Waals surface area contributed by atoms with Crippen molar-refractivity contribution in [3.63, 3.8) is 0 Å². The monoisotopic (exact) mass is 432 g/mol. The van der Waals surface area contributed by atoms with Crippen LogP contribution in [0.2, 0.25) is 0 Å². The van der Waals surface area contributed by atoms with Gasteiger partial charge in [-0.1, -0.05) is 0 Å². The number of hydrogen-bond acceptors (Lipinski definition) is 8. The van der Waals surface area contributed by atoms with Gasteiger partial charge in [0.25, 0.3) is 0 Å². The van der Waals surface area contributed by atoms with Gasteiger partial charge in [-0.05, 0) is 38.7 Å². The van der Waals surface area contributed by atoms with Crippen LogP contribution >= 0.6 is 0 Å². The largest absolute Gasteiger partial charge is 0.431 e. The fourth-order valence-corrected chi connectivity index (χ4v) is 4.79. The zero-order valence-electron chi connectivity index (χ0n) is 17.6. The number of aromatic nitrogens is 3. The third-order valence-electron chi connectivity index (χ3n) is 6.33. The van der Waals surface area contributed by atoms with Crippen molar-refractivity contribution in [1.29, 1.82) is 0 Å². The van der Waals surface area contributed by atoms with Gasteiger partial charge in [-0.15, -0.1) is 0 Å². The average molecular weight is 432 g/mol. The number of rotatable bonds is 7. The quantitative estimate of drug-likeness (QED) is 0.714. The van der Waals surface area contributed by atoms with Crippen molar-refractivity contribution >= 4 is 17.6 Å². The number of ether oxygens (including phenoxy) is 2. The SMILES string of the molecule is CCOC1(C)CN(c2cc(-c3cnc(N)c(OC(F)F)c3)nc(N3CC4CC3C4)n2)C1. The van der Waals surface area contributed by atoms with Crippen LogP contribution in [0.25, 0.3) is 11.3 Å². The lowest BCUT2D eigenvalue weighted by atomic mass is 9.86. The molecule has 4 fully saturated rings. The number of fused-ring (bicyclic) bond motifs is 1. The first-order valence-corrected chi connectivity index (χ1v) is 10.6. The molecule has 4 aliphatic rings. The van der Waals surface area contributed by atoms with Crippen LogP contribution in [0, 0.1) is 5.92 Å². The Kier molecular flexibility index (Phi) is 4.84. The highest BCUT2D eigenvalue weighted by atomic mass is 19.3. The molecule has 0 unspecified atom stereocenters. The summed E-state index contributed by atoms with van der Waals surface area (Å²) in [5, 5.41) is 0. The molecule has 31 heavy (non-hydrogen) atoms. The molecule has 8 nitrogen and oxygen atoms in total. The second-order valence-electron chi connectivity index (χ2n) is 8.78. The molecule has 0 radical (unpaired) electrons. The van der Waals surface area contributed by atoms with E-state index in [9.17, 15) is 8.78 Å². The van der Waals surface area contributed by atoms with E-state index >= 15 is 0 Å². The third-order valence-corrected chi connectivity index (χ3v) is 6.33. The highest BCUT2D eigenvalue weighted by Gasteiger charge is 2.45. The van der Waals surface area contributed by atoms with E-state index in [4.69, 9.17) is 20.4 Å². The Morgan fingerprint density at radius 1 is 1.26 bits per heavy atom. The van der Waals surface area contributed by atoms with Crippen LogP contribution < -0.4 is 20.3 Å². The minimum absolute atomic E-state index is 0.0888. The predicted molar refractivity (Wildman–Crippen MR) is 112 cm³/mol. The first-order chi connectivity index (χ1) is 14.8. The van der Waals surface area contributed by atoms with Gasteiger partial charge in [0, 0.05) is 50.1 Å². The van der Waals surface area contributed by atoms with E-state index in [1.807, 2.05) is 13.0 Å². The molecule has 0 aromatic carbocycles. The molecule has 2 N–H and O–H groups in total. The fraction of sp³-hybridized carbons (Fsp3) is 0.571. The predicted octanol–water partition coefficient (Wildman–Crippen LogP) is 2.94. The normalized spacial score (nSPS) is 23.6. The molecule has 10 heteroatoms. The van der Waals surface area contributed by atoms with E-state index in [0.717, 1.165) is 25.5 Å². The lowest BCUT2D eigenvalue weighted by Gasteiger charge is -2.48. The van der Waals surface area contributed by atoms with Crippen molar-refractivity contribution in [2.45, 2.75) is 44.9 Å². The summed E-state index contributed by atoms with van der Waals surface area (Å²) in [6.45, 7) is 4.15. The number of nitrogens with two attached hydrogens (primary N) is 1. The van der Waals surface area contributed by atoms with E-state index in [2.05, 4.69) is 26.4 Å². The first-order valence-electron chi connectivity index (χ1n) is 10.6. The van der Waals surface area contributed by atoms with Gasteiger partial charge in [-0.25, -0.2) is 9.97 Å². The van der Waals surface area contributed by atoms with E-state index in [-0.39, 0.29) is 17.2 Å². The lowest BCUT2D eigenvalue weighted by molar-refractivity contribution is -0.0495. The van der Waals surface area contributed by atoms with Gasteiger partial charge in [-0.2, -0.15) is 13.8 Å². The maximum Gasteiger partial charge on any atom is 0.387 e. The number of anilines is 3. The summed E-state index contributed by atoms with van der Waals surface area (Å²) in [5.74, 6) is 1.90. The highest BCUT2D eigenvalue weighted by Crippen LogP contribution is 2.43. The summed E-state index contributed by atoms with van der Waals surface area (Å²) in [5.41, 5.74) is 6.65. The van der Waals surface area contributed by atoms with Gasteiger partial charge in [0.2, 0.25) is 5.95 Å². The molecule has 1 saturated carbocycles. The molecular weight excluding hydrogens is 406 g/mol. The van der Waals surface area contributed by atoms with Crippen LogP contribution in [0.1, 0.15) is 26.7 Å². The third kappa shape index (κ3) is 3.73. The van der Waals surface area contributed by atoms with Gasteiger partial charge in [0.05, 0.1) is 5.69 Å². The Bertz CT molecular complexity index is 978. The molecular formula is C21H26F2N6O2. The van der Waals surface area contributed by atoms with Crippen LogP contribution in [0.4, 0.5) is 26.4 Å². The summed E-state index contributed by atoms with van der Waals surface area (Å²) in [6.07, 6.45) is 3.86. The summed E-state index contributed by atoms with van der Waals surface area (Å²) in [6, 6.07) is 3.78. The number of nitrogens with zero attached hydrogens (tertiary/aromatic N) is 5. The highest BCUT2D eigenvalue weighted by molar-refractivity contribution is 5.68. The molecule has 3 aliphatic heterocycles. The van der Waals surface area contributed by atoms with Crippen molar-refractivity contribution in [1.82, 2.24) is 15.0 Å². The molecule has 0 spiro atoms. The number of pyridine rings is 1. The standard InChI is InChI=1S/C21H26F2N6O2/c1-3-30-21(2)10-28(11-21)17-7-15(13-6-16(31-19(22)23)18(24)25-8-13)26-20(27-17)29-9-12-4-14(29)5-12/h6-8,12,14,19H,3-5,9-11H2,1-2H3,(H2,24,25). The van der Waals surface area contributed by atoms with Gasteiger partial charge >= 0.3 is 6.61 Å². The van der Waals surface area contributed by atoms with Crippen LogP contribution in [-0.2, 0) is 4.74 Å². The van der Waals surface area contributed by atoms with E-state index in [1.54, 1.807) is 0 Å². The molecule has 6 rings (SSSR count). The second-order valence-corrected chi connectivity index (χ2v) is 8.78. The fourth-order valence-electron chi connectivity index (χ4n) is 4.79. The number of hydrogen-bond donors (Lipinski definition) is 1. The second kappa shape index (κ2) is 7.44. The van der Waals surface area contributed by atoms with E-state index in [1.165, 1.54) is 25.1 Å². The summed E-state index contributed by atoms with van der Waals surface area (Å²) in [7, 11) is 0. The van der Waals surface area contributed by atoms with Gasteiger partial charge in [-0.3, -0.25) is 0 Å². The number of halogens is 2.